The molecule has 1 saturated heterocycles. The Balaban J connectivity index is 2.46. The van der Waals surface area contributed by atoms with Crippen LogP contribution in [-0.4, -0.2) is 19.0 Å². The lowest BCUT2D eigenvalue weighted by molar-refractivity contribution is -0.125. The third-order valence-electron chi connectivity index (χ3n) is 2.10. The van der Waals surface area contributed by atoms with Gasteiger partial charge in [-0.05, 0) is 19.8 Å². The molecule has 0 aromatic rings. The molecule has 1 rings (SSSR count). The van der Waals surface area contributed by atoms with Crippen LogP contribution in [0.2, 0.25) is 0 Å². The van der Waals surface area contributed by atoms with Crippen LogP contribution in [0.3, 0.4) is 0 Å². The minimum Gasteiger partial charge on any atom is -0.377 e. The van der Waals surface area contributed by atoms with Gasteiger partial charge >= 0.3 is 0 Å². The van der Waals surface area contributed by atoms with E-state index in [1.165, 1.54) is 0 Å². The van der Waals surface area contributed by atoms with Crippen LogP contribution >= 0.6 is 0 Å². The molecule has 0 aromatic carbocycles. The zero-order valence-electron chi connectivity index (χ0n) is 6.59. The molecular weight excluding hydrogens is 128 g/mol. The summed E-state index contributed by atoms with van der Waals surface area (Å²) in [6, 6.07) is 0. The van der Waals surface area contributed by atoms with Gasteiger partial charge in [-0.25, -0.2) is 0 Å². The first-order valence-electron chi connectivity index (χ1n) is 3.74. The lowest BCUT2D eigenvalue weighted by Crippen LogP contribution is -2.33. The summed E-state index contributed by atoms with van der Waals surface area (Å²) in [4.78, 5) is 10.5. The molecule has 0 amide bonds. The van der Waals surface area contributed by atoms with Crippen LogP contribution in [0.25, 0.3) is 0 Å². The molecule has 1 aliphatic heterocycles. The monoisotopic (exact) mass is 142 g/mol. The van der Waals surface area contributed by atoms with Gasteiger partial charge in [0.2, 0.25) is 0 Å². The first-order valence-corrected chi connectivity index (χ1v) is 3.74. The topological polar surface area (TPSA) is 26.3 Å². The van der Waals surface area contributed by atoms with Gasteiger partial charge in [-0.1, -0.05) is 6.92 Å². The Morgan fingerprint density at radius 3 is 2.80 bits per heavy atom. The Hall–Kier alpha value is -0.370. The fourth-order valence-electron chi connectivity index (χ4n) is 1.11. The molecule has 0 spiro atoms. The summed E-state index contributed by atoms with van der Waals surface area (Å²) < 4.78 is 5.35. The Morgan fingerprint density at radius 1 is 1.70 bits per heavy atom. The molecular formula is C8H14O2. The van der Waals surface area contributed by atoms with E-state index in [4.69, 9.17) is 4.74 Å². The molecule has 1 heterocycles. The number of carbonyl (C=O) groups is 1. The van der Waals surface area contributed by atoms with Crippen LogP contribution < -0.4 is 0 Å². The molecule has 10 heavy (non-hydrogen) atoms. The molecule has 0 saturated carbocycles. The van der Waals surface area contributed by atoms with Gasteiger partial charge in [0.15, 0.2) is 0 Å². The Morgan fingerprint density at radius 2 is 2.40 bits per heavy atom. The first kappa shape index (κ1) is 7.73. The molecule has 0 N–H and O–H groups in total. The Kier molecular flexibility index (Phi) is 2.09. The van der Waals surface area contributed by atoms with E-state index < -0.39 is 0 Å². The molecule has 0 aromatic heterocycles. The minimum absolute atomic E-state index is 0.202. The maximum Gasteiger partial charge on any atom is 0.128 e. The highest BCUT2D eigenvalue weighted by atomic mass is 16.5. The number of rotatable bonds is 1. The van der Waals surface area contributed by atoms with Crippen molar-refractivity contribution < 1.29 is 9.53 Å². The summed E-state index contributed by atoms with van der Waals surface area (Å²) in [7, 11) is 0. The van der Waals surface area contributed by atoms with Crippen LogP contribution in [0.15, 0.2) is 0 Å². The molecule has 0 bridgehead atoms. The van der Waals surface area contributed by atoms with E-state index in [1.54, 1.807) is 0 Å². The van der Waals surface area contributed by atoms with E-state index in [2.05, 4.69) is 0 Å². The second-order valence-electron chi connectivity index (χ2n) is 3.43. The predicted octanol–water partition coefficient (Wildman–Crippen LogP) is 1.39. The largest absolute Gasteiger partial charge is 0.377 e. The van der Waals surface area contributed by atoms with Crippen LogP contribution in [-0.2, 0) is 9.53 Å². The molecule has 1 aliphatic rings. The lowest BCUT2D eigenvalue weighted by atomic mass is 9.85. The van der Waals surface area contributed by atoms with Gasteiger partial charge < -0.3 is 9.53 Å². The van der Waals surface area contributed by atoms with Gasteiger partial charge in [-0.2, -0.15) is 0 Å². The molecule has 1 fully saturated rings. The summed E-state index contributed by atoms with van der Waals surface area (Å²) >= 11 is 0. The van der Waals surface area contributed by atoms with Crippen molar-refractivity contribution in [2.45, 2.75) is 32.8 Å². The van der Waals surface area contributed by atoms with Crippen LogP contribution in [0.1, 0.15) is 26.7 Å². The smallest absolute Gasteiger partial charge is 0.128 e. The Bertz CT molecular complexity index is 123. The van der Waals surface area contributed by atoms with Crippen LogP contribution in [0, 0.1) is 5.41 Å². The summed E-state index contributed by atoms with van der Waals surface area (Å²) in [5.41, 5.74) is -0.202. The summed E-state index contributed by atoms with van der Waals surface area (Å²) in [5.74, 6) is 0. The van der Waals surface area contributed by atoms with Crippen molar-refractivity contribution in [1.82, 2.24) is 0 Å². The van der Waals surface area contributed by atoms with Gasteiger partial charge in [-0.3, -0.25) is 0 Å². The van der Waals surface area contributed by atoms with Gasteiger partial charge in [0, 0.05) is 5.41 Å². The fraction of sp³-hybridized carbons (Fsp3) is 0.875. The number of ether oxygens (including phenoxy) is 1. The second-order valence-corrected chi connectivity index (χ2v) is 3.43. The van der Waals surface area contributed by atoms with E-state index in [0.29, 0.717) is 12.7 Å². The number of hydrogen-bond acceptors (Lipinski definition) is 2. The van der Waals surface area contributed by atoms with Crippen LogP contribution in [0.4, 0.5) is 0 Å². The number of hydrogen-bond donors (Lipinski definition) is 0. The van der Waals surface area contributed by atoms with E-state index >= 15 is 0 Å². The highest BCUT2D eigenvalue weighted by molar-refractivity contribution is 5.58. The quantitative estimate of drug-likeness (QED) is 0.517. The third kappa shape index (κ3) is 1.57. The van der Waals surface area contributed by atoms with Crippen molar-refractivity contribution in [3.8, 4) is 0 Å². The summed E-state index contributed by atoms with van der Waals surface area (Å²) in [6.45, 7) is 4.59. The van der Waals surface area contributed by atoms with Crippen molar-refractivity contribution in [3.05, 3.63) is 0 Å². The van der Waals surface area contributed by atoms with Crippen LogP contribution in [0.5, 0.6) is 0 Å². The zero-order valence-corrected chi connectivity index (χ0v) is 6.59. The molecule has 2 atom stereocenters. The minimum atomic E-state index is -0.202. The standard InChI is InChI=1S/C8H14O2/c1-7-3-4-8(2,5-9)6-10-7/h5,7H,3-4,6H2,1-2H3. The van der Waals surface area contributed by atoms with Gasteiger partial charge in [0.25, 0.3) is 0 Å². The van der Waals surface area contributed by atoms with E-state index in [-0.39, 0.29) is 5.41 Å². The zero-order chi connectivity index (χ0) is 7.61. The SMILES string of the molecule is CC1CCC(C)(C=O)CO1. The first-order chi connectivity index (χ1) is 4.66. The van der Waals surface area contributed by atoms with Crippen molar-refractivity contribution in [3.63, 3.8) is 0 Å². The highest BCUT2D eigenvalue weighted by Gasteiger charge is 2.29. The third-order valence-corrected chi connectivity index (χ3v) is 2.10. The molecule has 2 nitrogen and oxygen atoms in total. The number of carbonyl (C=O) groups excluding carboxylic acids is 1. The van der Waals surface area contributed by atoms with Crippen molar-refractivity contribution in [2.75, 3.05) is 6.61 Å². The normalized spacial score (nSPS) is 41.2. The maximum absolute atomic E-state index is 10.5. The highest BCUT2D eigenvalue weighted by Crippen LogP contribution is 2.27. The molecule has 0 radical (unpaired) electrons. The van der Waals surface area contributed by atoms with Gasteiger partial charge in [-0.15, -0.1) is 0 Å². The maximum atomic E-state index is 10.5. The Labute approximate surface area is 61.6 Å². The van der Waals surface area contributed by atoms with Crippen molar-refractivity contribution in [1.29, 1.82) is 0 Å². The fourth-order valence-corrected chi connectivity index (χ4v) is 1.11. The van der Waals surface area contributed by atoms with E-state index in [0.717, 1.165) is 19.1 Å². The molecule has 2 heteroatoms. The lowest BCUT2D eigenvalue weighted by Gasteiger charge is -2.31. The van der Waals surface area contributed by atoms with Gasteiger partial charge in [0.05, 0.1) is 12.7 Å². The van der Waals surface area contributed by atoms with Crippen molar-refractivity contribution >= 4 is 6.29 Å². The number of aldehydes is 1. The van der Waals surface area contributed by atoms with E-state index in [1.807, 2.05) is 13.8 Å². The van der Waals surface area contributed by atoms with Crippen molar-refractivity contribution in [2.24, 2.45) is 5.41 Å². The molecule has 58 valence electrons. The molecule has 0 aliphatic carbocycles. The average molecular weight is 142 g/mol. The average Bonchev–Trinajstić information content (AvgIpc) is 1.96. The predicted molar refractivity (Wildman–Crippen MR) is 38.8 cm³/mol. The van der Waals surface area contributed by atoms with E-state index in [9.17, 15) is 4.79 Å². The summed E-state index contributed by atoms with van der Waals surface area (Å²) in [5, 5.41) is 0. The van der Waals surface area contributed by atoms with Gasteiger partial charge in [0.1, 0.15) is 6.29 Å². The molecule has 2 unspecified atom stereocenters. The second kappa shape index (κ2) is 2.70. The summed E-state index contributed by atoms with van der Waals surface area (Å²) in [6.07, 6.45) is 3.33.